The third-order valence-corrected chi connectivity index (χ3v) is 7.71. The SMILES string of the molecule is CN(C(=O)C(NC(=O)OCC1c2ccccc2-c2ccccc21)c1cccs1)C1(C(=O)O)CC1. The molecule has 0 saturated heterocycles. The van der Waals surface area contributed by atoms with Crippen LogP contribution in [0.4, 0.5) is 4.79 Å². The molecule has 1 unspecified atom stereocenters. The number of carboxylic acid groups (broad SMARTS) is 1. The Bertz CT molecular complexity index is 1210. The fourth-order valence-electron chi connectivity index (χ4n) is 4.68. The lowest BCUT2D eigenvalue weighted by Gasteiger charge is -2.28. The third-order valence-electron chi connectivity index (χ3n) is 6.77. The minimum absolute atomic E-state index is 0.0987. The number of nitrogens with zero attached hydrogens (tertiary/aromatic N) is 1. The number of alkyl carbamates (subject to hydrolysis) is 1. The largest absolute Gasteiger partial charge is 0.479 e. The summed E-state index contributed by atoms with van der Waals surface area (Å²) in [5, 5.41) is 14.1. The number of thiophene rings is 1. The zero-order valence-corrected chi connectivity index (χ0v) is 19.4. The summed E-state index contributed by atoms with van der Waals surface area (Å²) in [7, 11) is 1.48. The quantitative estimate of drug-likeness (QED) is 0.527. The van der Waals surface area contributed by atoms with Gasteiger partial charge in [0.05, 0.1) is 0 Å². The fraction of sp³-hybridized carbons (Fsp3) is 0.269. The number of ether oxygens (including phenoxy) is 1. The van der Waals surface area contributed by atoms with Crippen LogP contribution in [0.3, 0.4) is 0 Å². The second-order valence-electron chi connectivity index (χ2n) is 8.65. The molecule has 1 fully saturated rings. The molecule has 0 bridgehead atoms. The molecule has 2 aliphatic rings. The van der Waals surface area contributed by atoms with E-state index in [2.05, 4.69) is 17.4 Å². The maximum atomic E-state index is 13.3. The molecule has 1 aromatic heterocycles. The number of hydrogen-bond acceptors (Lipinski definition) is 5. The molecule has 2 amide bonds. The van der Waals surface area contributed by atoms with Crippen LogP contribution in [0.1, 0.15) is 40.8 Å². The van der Waals surface area contributed by atoms with Gasteiger partial charge in [0, 0.05) is 17.8 Å². The Labute approximate surface area is 201 Å². The van der Waals surface area contributed by atoms with Gasteiger partial charge >= 0.3 is 12.1 Å². The first kappa shape index (κ1) is 22.2. The molecular weight excluding hydrogens is 452 g/mol. The van der Waals surface area contributed by atoms with Crippen molar-refractivity contribution in [3.05, 3.63) is 82.0 Å². The molecule has 2 aromatic carbocycles. The lowest BCUT2D eigenvalue weighted by molar-refractivity contribution is -0.151. The lowest BCUT2D eigenvalue weighted by Crippen LogP contribution is -2.49. The molecular formula is C26H24N2O5S. The van der Waals surface area contributed by atoms with Gasteiger partial charge in [0.1, 0.15) is 18.2 Å². The van der Waals surface area contributed by atoms with E-state index in [-0.39, 0.29) is 12.5 Å². The van der Waals surface area contributed by atoms with Crippen LogP contribution in [0.25, 0.3) is 11.1 Å². The van der Waals surface area contributed by atoms with E-state index in [0.717, 1.165) is 22.3 Å². The van der Waals surface area contributed by atoms with Crippen LogP contribution in [-0.2, 0) is 14.3 Å². The van der Waals surface area contributed by atoms with Crippen molar-refractivity contribution >= 4 is 29.3 Å². The third kappa shape index (κ3) is 3.74. The number of carbonyl (C=O) groups is 3. The number of fused-ring (bicyclic) bond motifs is 3. The predicted molar refractivity (Wildman–Crippen MR) is 128 cm³/mol. The van der Waals surface area contributed by atoms with Crippen molar-refractivity contribution in [2.75, 3.05) is 13.7 Å². The van der Waals surface area contributed by atoms with Crippen molar-refractivity contribution in [1.82, 2.24) is 10.2 Å². The Morgan fingerprint density at radius 3 is 2.21 bits per heavy atom. The standard InChI is InChI=1S/C26H24N2O5S/c1-28(26(12-13-26)24(30)31)23(29)22(21-11-6-14-34-21)27-25(32)33-15-20-18-9-4-2-7-16(18)17-8-3-5-10-19(17)20/h2-11,14,20,22H,12-13,15H2,1H3,(H,27,32)(H,30,31). The van der Waals surface area contributed by atoms with Crippen molar-refractivity contribution in [3.63, 3.8) is 0 Å². The van der Waals surface area contributed by atoms with Crippen molar-refractivity contribution in [2.24, 2.45) is 0 Å². The minimum atomic E-state index is -1.20. The van der Waals surface area contributed by atoms with Crippen LogP contribution < -0.4 is 5.32 Å². The number of rotatable bonds is 7. The lowest BCUT2D eigenvalue weighted by atomic mass is 9.98. The number of aliphatic carboxylic acids is 1. The van der Waals surface area contributed by atoms with E-state index < -0.39 is 29.6 Å². The first-order valence-electron chi connectivity index (χ1n) is 11.1. The molecule has 2 N–H and O–H groups in total. The highest BCUT2D eigenvalue weighted by molar-refractivity contribution is 7.10. The Morgan fingerprint density at radius 2 is 1.68 bits per heavy atom. The fourth-order valence-corrected chi connectivity index (χ4v) is 5.45. The second kappa shape index (κ2) is 8.61. The van der Waals surface area contributed by atoms with E-state index in [1.54, 1.807) is 17.5 Å². The van der Waals surface area contributed by atoms with E-state index in [4.69, 9.17) is 4.74 Å². The summed E-state index contributed by atoms with van der Waals surface area (Å²) in [5.74, 6) is -1.61. The summed E-state index contributed by atoms with van der Waals surface area (Å²) in [6, 6.07) is 18.6. The van der Waals surface area contributed by atoms with Gasteiger partial charge in [-0.25, -0.2) is 9.59 Å². The van der Waals surface area contributed by atoms with E-state index >= 15 is 0 Å². The molecule has 1 atom stereocenters. The smallest absolute Gasteiger partial charge is 0.408 e. The highest BCUT2D eigenvalue weighted by Crippen LogP contribution is 2.45. The Balaban J connectivity index is 1.32. The highest BCUT2D eigenvalue weighted by Gasteiger charge is 2.56. The number of carboxylic acids is 1. The summed E-state index contributed by atoms with van der Waals surface area (Å²) in [4.78, 5) is 39.7. The van der Waals surface area contributed by atoms with E-state index in [1.807, 2.05) is 36.4 Å². The molecule has 1 heterocycles. The molecule has 3 aromatic rings. The monoisotopic (exact) mass is 476 g/mol. The van der Waals surface area contributed by atoms with Gasteiger partial charge in [0.25, 0.3) is 5.91 Å². The summed E-state index contributed by atoms with van der Waals surface area (Å²) in [6.45, 7) is 0.125. The molecule has 0 spiro atoms. The molecule has 2 aliphatic carbocycles. The summed E-state index contributed by atoms with van der Waals surface area (Å²) < 4.78 is 5.61. The first-order chi connectivity index (χ1) is 16.4. The molecule has 34 heavy (non-hydrogen) atoms. The Kier molecular flexibility index (Phi) is 5.61. The molecule has 5 rings (SSSR count). The predicted octanol–water partition coefficient (Wildman–Crippen LogP) is 4.40. The van der Waals surface area contributed by atoms with Crippen LogP contribution in [0, 0.1) is 0 Å². The molecule has 0 radical (unpaired) electrons. The normalized spacial score (nSPS) is 16.1. The summed E-state index contributed by atoms with van der Waals surface area (Å²) >= 11 is 1.32. The van der Waals surface area contributed by atoms with E-state index in [1.165, 1.54) is 23.3 Å². The zero-order valence-electron chi connectivity index (χ0n) is 18.6. The van der Waals surface area contributed by atoms with Gasteiger partial charge in [0.2, 0.25) is 0 Å². The van der Waals surface area contributed by atoms with Crippen molar-refractivity contribution < 1.29 is 24.2 Å². The number of likely N-dealkylation sites (N-methyl/N-ethyl adjacent to an activating group) is 1. The van der Waals surface area contributed by atoms with Crippen LogP contribution in [0.15, 0.2) is 66.0 Å². The van der Waals surface area contributed by atoms with E-state index in [9.17, 15) is 19.5 Å². The van der Waals surface area contributed by atoms with Crippen LogP contribution in [-0.4, -0.2) is 47.2 Å². The highest BCUT2D eigenvalue weighted by atomic mass is 32.1. The molecule has 174 valence electrons. The number of carbonyl (C=O) groups excluding carboxylic acids is 2. The van der Waals surface area contributed by atoms with Crippen LogP contribution >= 0.6 is 11.3 Å². The van der Waals surface area contributed by atoms with Gasteiger partial charge in [-0.15, -0.1) is 11.3 Å². The first-order valence-corrected chi connectivity index (χ1v) is 12.0. The molecule has 1 saturated carbocycles. The van der Waals surface area contributed by atoms with Gasteiger partial charge in [-0.2, -0.15) is 0 Å². The van der Waals surface area contributed by atoms with Crippen molar-refractivity contribution in [3.8, 4) is 11.1 Å². The summed E-state index contributed by atoms with van der Waals surface area (Å²) in [5.41, 5.74) is 3.25. The Morgan fingerprint density at radius 1 is 1.06 bits per heavy atom. The maximum Gasteiger partial charge on any atom is 0.408 e. The number of benzene rings is 2. The molecule has 8 heteroatoms. The van der Waals surface area contributed by atoms with Gasteiger partial charge in [-0.1, -0.05) is 54.6 Å². The average molecular weight is 477 g/mol. The van der Waals surface area contributed by atoms with Crippen molar-refractivity contribution in [1.29, 1.82) is 0 Å². The number of hydrogen-bond donors (Lipinski definition) is 2. The number of amides is 2. The average Bonchev–Trinajstić information content (AvgIpc) is 3.37. The van der Waals surface area contributed by atoms with Crippen LogP contribution in [0.5, 0.6) is 0 Å². The minimum Gasteiger partial charge on any atom is -0.479 e. The maximum absolute atomic E-state index is 13.3. The van der Waals surface area contributed by atoms with Crippen molar-refractivity contribution in [2.45, 2.75) is 30.3 Å². The second-order valence-corrected chi connectivity index (χ2v) is 9.63. The summed E-state index contributed by atoms with van der Waals surface area (Å²) in [6.07, 6.45) is 0.0708. The molecule has 7 nitrogen and oxygen atoms in total. The Hall–Kier alpha value is -3.65. The van der Waals surface area contributed by atoms with Crippen LogP contribution in [0.2, 0.25) is 0 Å². The van der Waals surface area contributed by atoms with Gasteiger partial charge < -0.3 is 20.1 Å². The topological polar surface area (TPSA) is 95.9 Å². The number of nitrogens with one attached hydrogen (secondary N) is 1. The van der Waals surface area contributed by atoms with E-state index in [0.29, 0.717) is 17.7 Å². The zero-order chi connectivity index (χ0) is 23.9. The van der Waals surface area contributed by atoms with Gasteiger partial charge in [-0.3, -0.25) is 4.79 Å². The van der Waals surface area contributed by atoms with Gasteiger partial charge in [0.15, 0.2) is 0 Å². The molecule has 0 aliphatic heterocycles. The van der Waals surface area contributed by atoms with Gasteiger partial charge in [-0.05, 0) is 46.5 Å².